The summed E-state index contributed by atoms with van der Waals surface area (Å²) in [7, 11) is 0. The SMILES string of the molecule is O=C(Cc1ccccc1)c1ccc(Cl)o1. The average Bonchev–Trinajstić information content (AvgIpc) is 2.66. The Kier molecular flexibility index (Phi) is 2.88. The van der Waals surface area contributed by atoms with E-state index in [1.165, 1.54) is 0 Å². The molecule has 1 aromatic heterocycles. The van der Waals surface area contributed by atoms with Gasteiger partial charge in [0.1, 0.15) is 0 Å². The van der Waals surface area contributed by atoms with E-state index in [4.69, 9.17) is 16.0 Å². The fourth-order valence-electron chi connectivity index (χ4n) is 1.33. The van der Waals surface area contributed by atoms with E-state index >= 15 is 0 Å². The zero-order chi connectivity index (χ0) is 10.7. The number of carbonyl (C=O) groups excluding carboxylic acids is 1. The Hall–Kier alpha value is -1.54. The van der Waals surface area contributed by atoms with Crippen LogP contribution in [0, 0.1) is 0 Å². The highest BCUT2D eigenvalue weighted by molar-refractivity contribution is 6.29. The standard InChI is InChI=1S/C12H9ClO2/c13-12-7-6-11(15-12)10(14)8-9-4-2-1-3-5-9/h1-7H,8H2. The first-order valence-corrected chi connectivity index (χ1v) is 4.96. The van der Waals surface area contributed by atoms with Crippen LogP contribution in [0.1, 0.15) is 16.1 Å². The lowest BCUT2D eigenvalue weighted by molar-refractivity contribution is 0.0966. The molecule has 0 unspecified atom stereocenters. The van der Waals surface area contributed by atoms with Crippen LogP contribution in [0.4, 0.5) is 0 Å². The quantitative estimate of drug-likeness (QED) is 0.743. The van der Waals surface area contributed by atoms with E-state index in [2.05, 4.69) is 0 Å². The van der Waals surface area contributed by atoms with E-state index in [0.717, 1.165) is 5.56 Å². The van der Waals surface area contributed by atoms with Crippen molar-refractivity contribution in [3.63, 3.8) is 0 Å². The number of hydrogen-bond acceptors (Lipinski definition) is 2. The van der Waals surface area contributed by atoms with Crippen molar-refractivity contribution in [2.75, 3.05) is 0 Å². The predicted octanol–water partition coefficient (Wildman–Crippen LogP) is 3.36. The second-order valence-corrected chi connectivity index (χ2v) is 3.56. The summed E-state index contributed by atoms with van der Waals surface area (Å²) < 4.78 is 5.03. The average molecular weight is 221 g/mol. The molecular formula is C12H9ClO2. The molecule has 3 heteroatoms. The van der Waals surface area contributed by atoms with Crippen molar-refractivity contribution in [1.82, 2.24) is 0 Å². The molecular weight excluding hydrogens is 212 g/mol. The Morgan fingerprint density at radius 1 is 1.13 bits per heavy atom. The minimum absolute atomic E-state index is 0.0619. The third-order valence-electron chi connectivity index (χ3n) is 2.06. The van der Waals surface area contributed by atoms with Gasteiger partial charge in [-0.05, 0) is 29.3 Å². The lowest BCUT2D eigenvalue weighted by atomic mass is 10.1. The second-order valence-electron chi connectivity index (χ2n) is 3.19. The van der Waals surface area contributed by atoms with Crippen molar-refractivity contribution in [3.8, 4) is 0 Å². The van der Waals surface area contributed by atoms with Crippen molar-refractivity contribution in [3.05, 3.63) is 59.0 Å². The summed E-state index contributed by atoms with van der Waals surface area (Å²) in [4.78, 5) is 11.7. The Labute approximate surface area is 92.5 Å². The van der Waals surface area contributed by atoms with Gasteiger partial charge in [-0.15, -0.1) is 0 Å². The lowest BCUT2D eigenvalue weighted by Crippen LogP contribution is -2.01. The monoisotopic (exact) mass is 220 g/mol. The van der Waals surface area contributed by atoms with Crippen molar-refractivity contribution in [1.29, 1.82) is 0 Å². The molecule has 0 fully saturated rings. The fraction of sp³-hybridized carbons (Fsp3) is 0.0833. The zero-order valence-electron chi connectivity index (χ0n) is 7.94. The molecule has 0 N–H and O–H groups in total. The maximum atomic E-state index is 11.7. The normalized spacial score (nSPS) is 10.2. The van der Waals surface area contributed by atoms with Gasteiger partial charge in [0.15, 0.2) is 11.0 Å². The number of rotatable bonds is 3. The van der Waals surface area contributed by atoms with Gasteiger partial charge in [-0.2, -0.15) is 0 Å². The van der Waals surface area contributed by atoms with Crippen molar-refractivity contribution in [2.45, 2.75) is 6.42 Å². The highest BCUT2D eigenvalue weighted by Gasteiger charge is 2.10. The van der Waals surface area contributed by atoms with E-state index < -0.39 is 0 Å². The second kappa shape index (κ2) is 4.32. The predicted molar refractivity (Wildman–Crippen MR) is 58.2 cm³/mol. The van der Waals surface area contributed by atoms with Crippen molar-refractivity contribution >= 4 is 17.4 Å². The molecule has 0 amide bonds. The molecule has 0 saturated carbocycles. The maximum absolute atomic E-state index is 11.7. The highest BCUT2D eigenvalue weighted by atomic mass is 35.5. The van der Waals surface area contributed by atoms with Crippen LogP contribution < -0.4 is 0 Å². The summed E-state index contributed by atoms with van der Waals surface area (Å²) in [6.07, 6.45) is 0.338. The molecule has 0 spiro atoms. The molecule has 76 valence electrons. The van der Waals surface area contributed by atoms with Gasteiger partial charge in [-0.3, -0.25) is 4.79 Å². The number of Topliss-reactive ketones (excluding diaryl/α,β-unsaturated/α-hetero) is 1. The van der Waals surface area contributed by atoms with Crippen LogP contribution in [0.2, 0.25) is 5.22 Å². The van der Waals surface area contributed by atoms with Crippen LogP contribution in [0.3, 0.4) is 0 Å². The molecule has 0 bridgehead atoms. The zero-order valence-corrected chi connectivity index (χ0v) is 8.70. The largest absolute Gasteiger partial charge is 0.442 e. The number of hydrogen-bond donors (Lipinski definition) is 0. The molecule has 0 aliphatic heterocycles. The number of benzene rings is 1. The third-order valence-corrected chi connectivity index (χ3v) is 2.26. The van der Waals surface area contributed by atoms with Crippen molar-refractivity contribution < 1.29 is 9.21 Å². The van der Waals surface area contributed by atoms with Crippen molar-refractivity contribution in [2.24, 2.45) is 0 Å². The smallest absolute Gasteiger partial charge is 0.202 e. The molecule has 2 nitrogen and oxygen atoms in total. The first kappa shape index (κ1) is 9.99. The van der Waals surface area contributed by atoms with Crippen LogP contribution >= 0.6 is 11.6 Å². The Bertz CT molecular complexity index is 459. The Morgan fingerprint density at radius 2 is 1.87 bits per heavy atom. The van der Waals surface area contributed by atoms with Gasteiger partial charge in [0.2, 0.25) is 5.78 Å². The van der Waals surface area contributed by atoms with Gasteiger partial charge >= 0.3 is 0 Å². The van der Waals surface area contributed by atoms with Gasteiger partial charge in [0, 0.05) is 6.42 Å². The molecule has 15 heavy (non-hydrogen) atoms. The van der Waals surface area contributed by atoms with E-state index in [0.29, 0.717) is 12.2 Å². The minimum Gasteiger partial charge on any atom is -0.442 e. The first-order valence-electron chi connectivity index (χ1n) is 4.58. The molecule has 0 aliphatic rings. The summed E-state index contributed by atoms with van der Waals surface area (Å²) in [5.74, 6) is 0.247. The molecule has 2 aromatic rings. The van der Waals surface area contributed by atoms with Gasteiger partial charge in [-0.25, -0.2) is 0 Å². The summed E-state index contributed by atoms with van der Waals surface area (Å²) >= 11 is 5.59. The molecule has 1 heterocycles. The molecule has 1 aromatic carbocycles. The van der Waals surface area contributed by atoms with Gasteiger partial charge in [0.05, 0.1) is 0 Å². The van der Waals surface area contributed by atoms with Crippen LogP contribution in [0.15, 0.2) is 46.9 Å². The van der Waals surface area contributed by atoms with Crippen LogP contribution in [-0.4, -0.2) is 5.78 Å². The topological polar surface area (TPSA) is 30.2 Å². The van der Waals surface area contributed by atoms with Gasteiger partial charge < -0.3 is 4.42 Å². The fourth-order valence-corrected chi connectivity index (χ4v) is 1.48. The molecule has 0 aliphatic carbocycles. The highest BCUT2D eigenvalue weighted by Crippen LogP contribution is 2.15. The van der Waals surface area contributed by atoms with E-state index in [1.54, 1.807) is 12.1 Å². The van der Waals surface area contributed by atoms with Crippen LogP contribution in [0.5, 0.6) is 0 Å². The summed E-state index contributed by atoms with van der Waals surface area (Å²) in [6, 6.07) is 12.7. The van der Waals surface area contributed by atoms with E-state index in [-0.39, 0.29) is 11.0 Å². The van der Waals surface area contributed by atoms with E-state index in [9.17, 15) is 4.79 Å². The molecule has 0 saturated heterocycles. The van der Waals surface area contributed by atoms with Gasteiger partial charge in [-0.1, -0.05) is 30.3 Å². The first-order chi connectivity index (χ1) is 7.25. The summed E-state index contributed by atoms with van der Waals surface area (Å²) in [5, 5.41) is 0.242. The maximum Gasteiger partial charge on any atom is 0.202 e. The number of furan rings is 1. The van der Waals surface area contributed by atoms with Crippen LogP contribution in [-0.2, 0) is 6.42 Å². The molecule has 0 atom stereocenters. The third kappa shape index (κ3) is 2.48. The Balaban J connectivity index is 2.11. The molecule has 2 rings (SSSR count). The summed E-state index contributed by atoms with van der Waals surface area (Å²) in [6.45, 7) is 0. The summed E-state index contributed by atoms with van der Waals surface area (Å²) in [5.41, 5.74) is 0.968. The van der Waals surface area contributed by atoms with Gasteiger partial charge in [0.25, 0.3) is 0 Å². The Morgan fingerprint density at radius 3 is 2.47 bits per heavy atom. The number of ketones is 1. The van der Waals surface area contributed by atoms with E-state index in [1.807, 2.05) is 30.3 Å². The minimum atomic E-state index is -0.0619. The van der Waals surface area contributed by atoms with Crippen LogP contribution in [0.25, 0.3) is 0 Å². The lowest BCUT2D eigenvalue weighted by Gasteiger charge is -1.97. The number of carbonyl (C=O) groups is 1. The number of halogens is 1. The molecule has 0 radical (unpaired) electrons.